The van der Waals surface area contributed by atoms with Gasteiger partial charge in [-0.05, 0) is 46.6 Å². The first kappa shape index (κ1) is 14.0. The van der Waals surface area contributed by atoms with Gasteiger partial charge in [-0.25, -0.2) is 0 Å². The lowest BCUT2D eigenvalue weighted by Crippen LogP contribution is -2.20. The summed E-state index contributed by atoms with van der Waals surface area (Å²) in [7, 11) is 0. The van der Waals surface area contributed by atoms with Crippen molar-refractivity contribution in [1.29, 1.82) is 0 Å². The molecule has 90 valence electrons. The molecule has 0 radical (unpaired) electrons. The minimum atomic E-state index is 0.426. The van der Waals surface area contributed by atoms with Gasteiger partial charge in [0, 0.05) is 10.5 Å². The van der Waals surface area contributed by atoms with Crippen molar-refractivity contribution in [2.45, 2.75) is 39.2 Å². The van der Waals surface area contributed by atoms with E-state index in [4.69, 9.17) is 11.6 Å². The van der Waals surface area contributed by atoms with Gasteiger partial charge in [-0.1, -0.05) is 44.4 Å². The van der Waals surface area contributed by atoms with Gasteiger partial charge >= 0.3 is 0 Å². The summed E-state index contributed by atoms with van der Waals surface area (Å²) >= 11 is 9.54. The molecule has 1 aromatic rings. The third-order valence-corrected chi connectivity index (χ3v) is 3.88. The lowest BCUT2D eigenvalue weighted by molar-refractivity contribution is 0.495. The van der Waals surface area contributed by atoms with Crippen LogP contribution in [0.15, 0.2) is 22.7 Å². The molecule has 1 rings (SSSR count). The lowest BCUT2D eigenvalue weighted by Gasteiger charge is -2.18. The van der Waals surface area contributed by atoms with Gasteiger partial charge in [0.25, 0.3) is 0 Å². The summed E-state index contributed by atoms with van der Waals surface area (Å²) in [5.41, 5.74) is 1.28. The van der Waals surface area contributed by atoms with E-state index in [0.29, 0.717) is 6.04 Å². The van der Waals surface area contributed by atoms with Gasteiger partial charge in [0.2, 0.25) is 0 Å². The number of rotatable bonds is 6. The highest BCUT2D eigenvalue weighted by molar-refractivity contribution is 9.10. The van der Waals surface area contributed by atoms with Gasteiger partial charge in [0.1, 0.15) is 0 Å². The number of benzene rings is 1. The summed E-state index contributed by atoms with van der Waals surface area (Å²) in [6.07, 6.45) is 3.64. The molecule has 0 aromatic heterocycles. The molecule has 0 saturated carbocycles. The number of hydrogen-bond donors (Lipinski definition) is 1. The maximum atomic E-state index is 6.12. The Kier molecular flexibility index (Phi) is 6.40. The van der Waals surface area contributed by atoms with Crippen LogP contribution >= 0.6 is 27.5 Å². The zero-order valence-electron chi connectivity index (χ0n) is 9.89. The molecule has 1 unspecified atom stereocenters. The second-order valence-electron chi connectivity index (χ2n) is 3.93. The molecule has 1 atom stereocenters. The zero-order chi connectivity index (χ0) is 12.0. The predicted octanol–water partition coefficient (Wildman–Crippen LogP) is 4.94. The third-order valence-electron chi connectivity index (χ3n) is 2.64. The summed E-state index contributed by atoms with van der Waals surface area (Å²) < 4.78 is 0.962. The quantitative estimate of drug-likeness (QED) is 0.784. The molecule has 0 spiro atoms. The van der Waals surface area contributed by atoms with Gasteiger partial charge in [-0.15, -0.1) is 0 Å². The van der Waals surface area contributed by atoms with E-state index in [9.17, 15) is 0 Å². The molecule has 0 aliphatic carbocycles. The van der Waals surface area contributed by atoms with E-state index in [-0.39, 0.29) is 0 Å². The third kappa shape index (κ3) is 4.08. The molecular formula is C13H19BrClN. The Morgan fingerprint density at radius 3 is 2.69 bits per heavy atom. The van der Waals surface area contributed by atoms with Crippen LogP contribution in [0.5, 0.6) is 0 Å². The van der Waals surface area contributed by atoms with E-state index in [0.717, 1.165) is 16.0 Å². The van der Waals surface area contributed by atoms with E-state index < -0.39 is 0 Å². The molecule has 0 fully saturated rings. The summed E-state index contributed by atoms with van der Waals surface area (Å²) in [5, 5.41) is 4.30. The Hall–Kier alpha value is -0.0500. The molecule has 0 aliphatic heterocycles. The van der Waals surface area contributed by atoms with Crippen LogP contribution in [0.1, 0.15) is 44.7 Å². The maximum Gasteiger partial charge on any atom is 0.0551 e. The fraction of sp³-hybridized carbons (Fsp3) is 0.538. The first-order valence-electron chi connectivity index (χ1n) is 5.87. The second-order valence-corrected chi connectivity index (χ2v) is 5.19. The molecule has 1 nitrogen and oxygen atoms in total. The fourth-order valence-electron chi connectivity index (χ4n) is 1.77. The summed E-state index contributed by atoms with van der Waals surface area (Å²) in [6.45, 7) is 5.35. The summed E-state index contributed by atoms with van der Waals surface area (Å²) in [6, 6.07) is 6.64. The minimum absolute atomic E-state index is 0.426. The van der Waals surface area contributed by atoms with Gasteiger partial charge in [-0.3, -0.25) is 0 Å². The van der Waals surface area contributed by atoms with Crippen molar-refractivity contribution < 1.29 is 0 Å². The molecule has 0 bridgehead atoms. The van der Waals surface area contributed by atoms with Crippen LogP contribution in [-0.4, -0.2) is 6.54 Å². The van der Waals surface area contributed by atoms with Crippen molar-refractivity contribution in [3.63, 3.8) is 0 Å². The highest BCUT2D eigenvalue weighted by Gasteiger charge is 2.10. The van der Waals surface area contributed by atoms with Gasteiger partial charge in [0.05, 0.1) is 5.02 Å². The summed E-state index contributed by atoms with van der Waals surface area (Å²) in [5.74, 6) is 0. The molecule has 0 heterocycles. The topological polar surface area (TPSA) is 12.0 Å². The van der Waals surface area contributed by atoms with Crippen molar-refractivity contribution in [2.75, 3.05) is 6.54 Å². The molecule has 16 heavy (non-hydrogen) atoms. The Bertz CT molecular complexity index is 328. The highest BCUT2D eigenvalue weighted by Crippen LogP contribution is 2.28. The highest BCUT2D eigenvalue weighted by atomic mass is 79.9. The van der Waals surface area contributed by atoms with Gasteiger partial charge in [-0.2, -0.15) is 0 Å². The van der Waals surface area contributed by atoms with Gasteiger partial charge in [0.15, 0.2) is 0 Å². The molecular weight excluding hydrogens is 286 g/mol. The fourth-order valence-corrected chi connectivity index (χ4v) is 2.21. The molecule has 0 aliphatic rings. The molecule has 0 saturated heterocycles. The van der Waals surface area contributed by atoms with Crippen LogP contribution in [-0.2, 0) is 0 Å². The average molecular weight is 305 g/mol. The number of unbranched alkanes of at least 4 members (excludes halogenated alkanes) is 1. The van der Waals surface area contributed by atoms with Crippen molar-refractivity contribution in [2.24, 2.45) is 0 Å². The average Bonchev–Trinajstić information content (AvgIpc) is 2.28. The smallest absolute Gasteiger partial charge is 0.0551 e. The first-order valence-corrected chi connectivity index (χ1v) is 7.04. The molecule has 1 N–H and O–H groups in total. The SMILES string of the molecule is CCCCC(NCC)c1ccc(Br)c(Cl)c1. The second kappa shape index (κ2) is 7.31. The van der Waals surface area contributed by atoms with E-state index in [1.54, 1.807) is 0 Å². The number of hydrogen-bond acceptors (Lipinski definition) is 1. The Labute approximate surface area is 112 Å². The predicted molar refractivity (Wildman–Crippen MR) is 75.1 cm³/mol. The van der Waals surface area contributed by atoms with Crippen LogP contribution in [0.2, 0.25) is 5.02 Å². The molecule has 3 heteroatoms. The van der Waals surface area contributed by atoms with Crippen molar-refractivity contribution >= 4 is 27.5 Å². The summed E-state index contributed by atoms with van der Waals surface area (Å²) in [4.78, 5) is 0. The van der Waals surface area contributed by atoms with Crippen LogP contribution in [0.4, 0.5) is 0 Å². The Morgan fingerprint density at radius 1 is 1.38 bits per heavy atom. The van der Waals surface area contributed by atoms with Crippen LogP contribution in [0.25, 0.3) is 0 Å². The minimum Gasteiger partial charge on any atom is -0.310 e. The van der Waals surface area contributed by atoms with E-state index >= 15 is 0 Å². The maximum absolute atomic E-state index is 6.12. The van der Waals surface area contributed by atoms with E-state index in [2.05, 4.69) is 47.2 Å². The molecule has 0 amide bonds. The van der Waals surface area contributed by atoms with Crippen LogP contribution < -0.4 is 5.32 Å². The Balaban J connectivity index is 2.78. The van der Waals surface area contributed by atoms with Crippen molar-refractivity contribution in [1.82, 2.24) is 5.32 Å². The van der Waals surface area contributed by atoms with Crippen molar-refractivity contribution in [3.05, 3.63) is 33.3 Å². The van der Waals surface area contributed by atoms with Crippen LogP contribution in [0.3, 0.4) is 0 Å². The number of halogens is 2. The van der Waals surface area contributed by atoms with Crippen molar-refractivity contribution in [3.8, 4) is 0 Å². The van der Waals surface area contributed by atoms with Crippen LogP contribution in [0, 0.1) is 0 Å². The monoisotopic (exact) mass is 303 g/mol. The zero-order valence-corrected chi connectivity index (χ0v) is 12.2. The van der Waals surface area contributed by atoms with Gasteiger partial charge < -0.3 is 5.32 Å². The first-order chi connectivity index (χ1) is 7.69. The van der Waals surface area contributed by atoms with E-state index in [1.165, 1.54) is 24.8 Å². The standard InChI is InChI=1S/C13H19BrClN/c1-3-5-6-13(16-4-2)10-7-8-11(14)12(15)9-10/h7-9,13,16H,3-6H2,1-2H3. The van der Waals surface area contributed by atoms with E-state index in [1.807, 2.05) is 6.07 Å². The largest absolute Gasteiger partial charge is 0.310 e. The molecule has 1 aromatic carbocycles. The normalized spacial score (nSPS) is 12.8. The Morgan fingerprint density at radius 2 is 2.12 bits per heavy atom. The lowest BCUT2D eigenvalue weighted by atomic mass is 10.0. The number of nitrogens with one attached hydrogen (secondary N) is 1.